The molecule has 92 valence electrons. The molecule has 1 heterocycles. The molecule has 0 unspecified atom stereocenters. The molecule has 17 heavy (non-hydrogen) atoms. The van der Waals surface area contributed by atoms with E-state index >= 15 is 0 Å². The van der Waals surface area contributed by atoms with E-state index in [-0.39, 0.29) is 5.91 Å². The number of amides is 1. The fourth-order valence-electron chi connectivity index (χ4n) is 2.05. The van der Waals surface area contributed by atoms with Crippen LogP contribution in [0.15, 0.2) is 15.9 Å². The standard InChI is InChI=1S/C13H16BrNOS/c14-11-5-6-17-12(11)13(16)15(7-9-1-2-9)8-10-3-4-10/h5-6,9-10H,1-4,7-8H2. The highest BCUT2D eigenvalue weighted by Crippen LogP contribution is 2.35. The molecule has 0 spiro atoms. The van der Waals surface area contributed by atoms with Crippen LogP contribution in [-0.2, 0) is 0 Å². The van der Waals surface area contributed by atoms with Gasteiger partial charge in [-0.2, -0.15) is 0 Å². The molecule has 2 fully saturated rings. The highest BCUT2D eigenvalue weighted by Gasteiger charge is 2.32. The second-order valence-electron chi connectivity index (χ2n) is 5.19. The Kier molecular flexibility index (Phi) is 3.26. The molecule has 2 saturated carbocycles. The van der Waals surface area contributed by atoms with E-state index in [2.05, 4.69) is 20.8 Å². The van der Waals surface area contributed by atoms with Gasteiger partial charge in [0, 0.05) is 17.6 Å². The van der Waals surface area contributed by atoms with E-state index in [0.717, 1.165) is 34.3 Å². The third-order valence-corrected chi connectivity index (χ3v) is 5.28. The van der Waals surface area contributed by atoms with Gasteiger partial charge in [0.15, 0.2) is 0 Å². The van der Waals surface area contributed by atoms with Crippen LogP contribution in [0.4, 0.5) is 0 Å². The predicted octanol–water partition coefficient (Wildman–Crippen LogP) is 3.77. The first-order valence-electron chi connectivity index (χ1n) is 6.26. The van der Waals surface area contributed by atoms with Gasteiger partial charge in [-0.3, -0.25) is 4.79 Å². The largest absolute Gasteiger partial charge is 0.337 e. The van der Waals surface area contributed by atoms with Crippen molar-refractivity contribution in [3.05, 3.63) is 20.8 Å². The highest BCUT2D eigenvalue weighted by molar-refractivity contribution is 9.10. The van der Waals surface area contributed by atoms with Crippen LogP contribution in [-0.4, -0.2) is 23.9 Å². The van der Waals surface area contributed by atoms with Gasteiger partial charge in [-0.05, 0) is 64.9 Å². The SMILES string of the molecule is O=C(c1sccc1Br)N(CC1CC1)CC1CC1. The first-order chi connectivity index (χ1) is 8.24. The van der Waals surface area contributed by atoms with E-state index in [4.69, 9.17) is 0 Å². The zero-order chi connectivity index (χ0) is 11.8. The third-order valence-electron chi connectivity index (χ3n) is 3.45. The summed E-state index contributed by atoms with van der Waals surface area (Å²) in [5.41, 5.74) is 0. The summed E-state index contributed by atoms with van der Waals surface area (Å²) in [6, 6.07) is 1.96. The van der Waals surface area contributed by atoms with E-state index in [9.17, 15) is 4.79 Å². The van der Waals surface area contributed by atoms with Crippen LogP contribution in [0.1, 0.15) is 35.4 Å². The Bertz CT molecular complexity index is 409. The number of carbonyl (C=O) groups is 1. The molecular formula is C13H16BrNOS. The first-order valence-corrected chi connectivity index (χ1v) is 7.93. The minimum Gasteiger partial charge on any atom is -0.337 e. The molecule has 0 bridgehead atoms. The van der Waals surface area contributed by atoms with Crippen molar-refractivity contribution in [2.24, 2.45) is 11.8 Å². The van der Waals surface area contributed by atoms with Crippen LogP contribution >= 0.6 is 27.3 Å². The third kappa shape index (κ3) is 2.91. The Morgan fingerprint density at radius 1 is 1.29 bits per heavy atom. The Morgan fingerprint density at radius 2 is 1.88 bits per heavy atom. The molecule has 1 aromatic heterocycles. The van der Waals surface area contributed by atoms with Gasteiger partial charge < -0.3 is 4.90 Å². The second kappa shape index (κ2) is 4.73. The van der Waals surface area contributed by atoms with Gasteiger partial charge in [-0.15, -0.1) is 11.3 Å². The van der Waals surface area contributed by atoms with Crippen molar-refractivity contribution in [1.82, 2.24) is 4.90 Å². The summed E-state index contributed by atoms with van der Waals surface area (Å²) < 4.78 is 0.948. The molecule has 1 aromatic rings. The van der Waals surface area contributed by atoms with Crippen LogP contribution in [0, 0.1) is 11.8 Å². The maximum absolute atomic E-state index is 12.5. The zero-order valence-corrected chi connectivity index (χ0v) is 12.1. The number of hydrogen-bond acceptors (Lipinski definition) is 2. The number of nitrogens with zero attached hydrogens (tertiary/aromatic N) is 1. The summed E-state index contributed by atoms with van der Waals surface area (Å²) in [4.78, 5) is 15.4. The maximum Gasteiger partial charge on any atom is 0.265 e. The molecule has 0 atom stereocenters. The molecule has 2 nitrogen and oxygen atoms in total. The summed E-state index contributed by atoms with van der Waals surface area (Å²) in [5.74, 6) is 1.78. The lowest BCUT2D eigenvalue weighted by Gasteiger charge is -2.22. The van der Waals surface area contributed by atoms with Gasteiger partial charge in [0.2, 0.25) is 0 Å². The quantitative estimate of drug-likeness (QED) is 0.810. The van der Waals surface area contributed by atoms with Crippen LogP contribution in [0.3, 0.4) is 0 Å². The zero-order valence-electron chi connectivity index (χ0n) is 9.69. The number of halogens is 1. The first kappa shape index (κ1) is 11.7. The topological polar surface area (TPSA) is 20.3 Å². The second-order valence-corrected chi connectivity index (χ2v) is 6.97. The van der Waals surface area contributed by atoms with E-state index in [1.807, 2.05) is 11.4 Å². The van der Waals surface area contributed by atoms with Gasteiger partial charge in [-0.25, -0.2) is 0 Å². The summed E-state index contributed by atoms with van der Waals surface area (Å²) in [6.07, 6.45) is 5.22. The van der Waals surface area contributed by atoms with Crippen molar-refractivity contribution in [2.45, 2.75) is 25.7 Å². The normalized spacial score (nSPS) is 19.4. The Hall–Kier alpha value is -0.350. The van der Waals surface area contributed by atoms with Crippen molar-refractivity contribution in [2.75, 3.05) is 13.1 Å². The van der Waals surface area contributed by atoms with Crippen LogP contribution in [0.25, 0.3) is 0 Å². The average Bonchev–Trinajstić information content (AvgIpc) is 3.21. The van der Waals surface area contributed by atoms with E-state index in [1.165, 1.54) is 25.7 Å². The van der Waals surface area contributed by atoms with Gasteiger partial charge in [-0.1, -0.05) is 0 Å². The van der Waals surface area contributed by atoms with Crippen LogP contribution in [0.5, 0.6) is 0 Å². The van der Waals surface area contributed by atoms with Gasteiger partial charge in [0.1, 0.15) is 4.88 Å². The molecule has 3 rings (SSSR count). The smallest absolute Gasteiger partial charge is 0.265 e. The van der Waals surface area contributed by atoms with E-state index in [0.29, 0.717) is 0 Å². The van der Waals surface area contributed by atoms with Gasteiger partial charge >= 0.3 is 0 Å². The average molecular weight is 314 g/mol. The molecule has 0 radical (unpaired) electrons. The summed E-state index contributed by atoms with van der Waals surface area (Å²) >= 11 is 5.00. The van der Waals surface area contributed by atoms with Gasteiger partial charge in [0.05, 0.1) is 0 Å². The number of carbonyl (C=O) groups excluding carboxylic acids is 1. The maximum atomic E-state index is 12.5. The molecule has 0 aromatic carbocycles. The molecule has 2 aliphatic carbocycles. The highest BCUT2D eigenvalue weighted by atomic mass is 79.9. The summed E-state index contributed by atoms with van der Waals surface area (Å²) in [5, 5.41) is 1.98. The van der Waals surface area contributed by atoms with Crippen molar-refractivity contribution in [3.63, 3.8) is 0 Å². The van der Waals surface area contributed by atoms with Crippen molar-refractivity contribution < 1.29 is 4.79 Å². The monoisotopic (exact) mass is 313 g/mol. The van der Waals surface area contributed by atoms with E-state index in [1.54, 1.807) is 11.3 Å². The lowest BCUT2D eigenvalue weighted by molar-refractivity contribution is 0.0743. The van der Waals surface area contributed by atoms with E-state index < -0.39 is 0 Å². The van der Waals surface area contributed by atoms with Crippen molar-refractivity contribution >= 4 is 33.2 Å². The van der Waals surface area contributed by atoms with Crippen LogP contribution in [0.2, 0.25) is 0 Å². The predicted molar refractivity (Wildman–Crippen MR) is 73.4 cm³/mol. The lowest BCUT2D eigenvalue weighted by atomic mass is 10.3. The molecule has 0 N–H and O–H groups in total. The number of hydrogen-bond donors (Lipinski definition) is 0. The number of thiophene rings is 1. The van der Waals surface area contributed by atoms with Crippen molar-refractivity contribution in [1.29, 1.82) is 0 Å². The fourth-order valence-corrected chi connectivity index (χ4v) is 3.56. The van der Waals surface area contributed by atoms with Gasteiger partial charge in [0.25, 0.3) is 5.91 Å². The number of rotatable bonds is 5. The Morgan fingerprint density at radius 3 is 2.29 bits per heavy atom. The van der Waals surface area contributed by atoms with Crippen molar-refractivity contribution in [3.8, 4) is 0 Å². The Balaban J connectivity index is 1.71. The molecule has 2 aliphatic rings. The fraction of sp³-hybridized carbons (Fsp3) is 0.615. The van der Waals surface area contributed by atoms with Crippen LogP contribution < -0.4 is 0 Å². The lowest BCUT2D eigenvalue weighted by Crippen LogP contribution is -2.34. The molecule has 1 amide bonds. The molecule has 0 saturated heterocycles. The summed E-state index contributed by atoms with van der Waals surface area (Å²) in [7, 11) is 0. The minimum absolute atomic E-state index is 0.227. The molecular weight excluding hydrogens is 298 g/mol. The Labute approximate surface area is 114 Å². The summed E-state index contributed by atoms with van der Waals surface area (Å²) in [6.45, 7) is 1.94. The minimum atomic E-state index is 0.227. The molecule has 4 heteroatoms. The molecule has 0 aliphatic heterocycles.